The molecule has 3 heteroatoms. The van der Waals surface area contributed by atoms with Crippen molar-refractivity contribution in [1.82, 2.24) is 4.90 Å². The lowest BCUT2D eigenvalue weighted by Gasteiger charge is -2.33. The molecule has 1 aliphatic heterocycles. The molecule has 1 fully saturated rings. The molecular formula is C25H28N2O. The number of likely N-dealkylation sites (tertiary alicyclic amines) is 1. The van der Waals surface area contributed by atoms with Gasteiger partial charge < -0.3 is 5.32 Å². The van der Waals surface area contributed by atoms with E-state index in [1.165, 1.54) is 48.2 Å². The van der Waals surface area contributed by atoms with Crippen molar-refractivity contribution >= 4 is 22.4 Å². The van der Waals surface area contributed by atoms with Gasteiger partial charge in [-0.25, -0.2) is 0 Å². The van der Waals surface area contributed by atoms with Crippen molar-refractivity contribution < 1.29 is 4.79 Å². The van der Waals surface area contributed by atoms with Crippen molar-refractivity contribution in [3.8, 4) is 0 Å². The summed E-state index contributed by atoms with van der Waals surface area (Å²) in [4.78, 5) is 13.7. The zero-order chi connectivity index (χ0) is 19.3. The summed E-state index contributed by atoms with van der Waals surface area (Å²) < 4.78 is 0. The summed E-state index contributed by atoms with van der Waals surface area (Å²) in [6.45, 7) is 4.83. The molecule has 0 spiro atoms. The lowest BCUT2D eigenvalue weighted by Crippen LogP contribution is -2.35. The van der Waals surface area contributed by atoms with Gasteiger partial charge >= 0.3 is 0 Å². The van der Waals surface area contributed by atoms with E-state index in [9.17, 15) is 4.79 Å². The van der Waals surface area contributed by atoms with Gasteiger partial charge in [-0.1, -0.05) is 54.6 Å². The van der Waals surface area contributed by atoms with E-state index in [2.05, 4.69) is 64.8 Å². The minimum Gasteiger partial charge on any atom is -0.326 e. The van der Waals surface area contributed by atoms with Gasteiger partial charge in [0.05, 0.1) is 0 Å². The Labute approximate surface area is 167 Å². The Morgan fingerprint density at radius 2 is 1.82 bits per heavy atom. The molecular weight excluding hydrogens is 344 g/mol. The van der Waals surface area contributed by atoms with E-state index in [0.29, 0.717) is 5.92 Å². The highest BCUT2D eigenvalue weighted by atomic mass is 16.1. The van der Waals surface area contributed by atoms with Crippen LogP contribution in [-0.4, -0.2) is 23.9 Å². The van der Waals surface area contributed by atoms with Crippen LogP contribution >= 0.6 is 0 Å². The first-order valence-electron chi connectivity index (χ1n) is 10.2. The smallest absolute Gasteiger partial charge is 0.221 e. The average Bonchev–Trinajstić information content (AvgIpc) is 2.70. The topological polar surface area (TPSA) is 32.3 Å². The third kappa shape index (κ3) is 4.60. The van der Waals surface area contributed by atoms with E-state index in [4.69, 9.17) is 0 Å². The first-order valence-corrected chi connectivity index (χ1v) is 10.2. The number of carbonyl (C=O) groups excluding carboxylic acids is 1. The summed E-state index contributed by atoms with van der Waals surface area (Å²) in [7, 11) is 0. The highest BCUT2D eigenvalue weighted by molar-refractivity contribution is 5.88. The number of hydrogen-bond acceptors (Lipinski definition) is 2. The summed E-state index contributed by atoms with van der Waals surface area (Å²) in [6, 6.07) is 23.6. The summed E-state index contributed by atoms with van der Waals surface area (Å²) >= 11 is 0. The maximum absolute atomic E-state index is 11.2. The van der Waals surface area contributed by atoms with E-state index >= 15 is 0 Å². The summed E-state index contributed by atoms with van der Waals surface area (Å²) in [5, 5.41) is 5.57. The van der Waals surface area contributed by atoms with Gasteiger partial charge in [-0.2, -0.15) is 0 Å². The molecule has 1 aliphatic rings. The molecule has 0 saturated carbocycles. The predicted octanol–water partition coefficient (Wildman–Crippen LogP) is 5.25. The summed E-state index contributed by atoms with van der Waals surface area (Å²) in [5.74, 6) is 0.679. The second-order valence-electron chi connectivity index (χ2n) is 7.96. The molecule has 1 atom stereocenters. The lowest BCUT2D eigenvalue weighted by atomic mass is 9.89. The summed E-state index contributed by atoms with van der Waals surface area (Å²) in [6.07, 6.45) is 3.72. The molecule has 1 amide bonds. The monoisotopic (exact) mass is 372 g/mol. The maximum Gasteiger partial charge on any atom is 0.221 e. The average molecular weight is 373 g/mol. The van der Waals surface area contributed by atoms with Crippen LogP contribution in [0.4, 0.5) is 5.69 Å². The van der Waals surface area contributed by atoms with Gasteiger partial charge in [0, 0.05) is 25.7 Å². The largest absolute Gasteiger partial charge is 0.326 e. The molecule has 28 heavy (non-hydrogen) atoms. The van der Waals surface area contributed by atoms with Crippen LogP contribution in [0.2, 0.25) is 0 Å². The summed E-state index contributed by atoms with van der Waals surface area (Å²) in [5.41, 5.74) is 3.65. The number of benzene rings is 3. The zero-order valence-corrected chi connectivity index (χ0v) is 16.5. The van der Waals surface area contributed by atoms with Crippen LogP contribution < -0.4 is 5.32 Å². The number of nitrogens with zero attached hydrogens (tertiary/aromatic N) is 1. The molecule has 0 aromatic heterocycles. The molecule has 3 aromatic rings. The van der Waals surface area contributed by atoms with Crippen LogP contribution in [0.15, 0.2) is 66.7 Å². The molecule has 4 rings (SSSR count). The van der Waals surface area contributed by atoms with Gasteiger partial charge in [0.25, 0.3) is 0 Å². The first-order chi connectivity index (χ1) is 13.7. The molecule has 1 unspecified atom stereocenters. The Balaban J connectivity index is 1.39. The Morgan fingerprint density at radius 3 is 2.64 bits per heavy atom. The van der Waals surface area contributed by atoms with Crippen LogP contribution in [-0.2, 0) is 17.8 Å². The fraction of sp³-hybridized carbons (Fsp3) is 0.320. The highest BCUT2D eigenvalue weighted by Crippen LogP contribution is 2.26. The fourth-order valence-corrected chi connectivity index (χ4v) is 4.40. The van der Waals surface area contributed by atoms with E-state index in [-0.39, 0.29) is 5.91 Å². The third-order valence-electron chi connectivity index (χ3n) is 5.67. The van der Waals surface area contributed by atoms with Gasteiger partial charge in [0.15, 0.2) is 0 Å². The van der Waals surface area contributed by atoms with Crippen LogP contribution in [0.5, 0.6) is 0 Å². The highest BCUT2D eigenvalue weighted by Gasteiger charge is 2.21. The number of nitrogens with one attached hydrogen (secondary N) is 1. The zero-order valence-electron chi connectivity index (χ0n) is 16.5. The van der Waals surface area contributed by atoms with Gasteiger partial charge in [-0.3, -0.25) is 9.69 Å². The van der Waals surface area contributed by atoms with Crippen molar-refractivity contribution in [2.45, 2.75) is 32.7 Å². The van der Waals surface area contributed by atoms with E-state index in [0.717, 1.165) is 25.2 Å². The number of piperidine rings is 1. The third-order valence-corrected chi connectivity index (χ3v) is 5.67. The van der Waals surface area contributed by atoms with E-state index < -0.39 is 0 Å². The van der Waals surface area contributed by atoms with Gasteiger partial charge in [0.2, 0.25) is 5.91 Å². The number of hydrogen-bond donors (Lipinski definition) is 1. The molecule has 144 valence electrons. The molecule has 1 saturated heterocycles. The molecule has 3 aromatic carbocycles. The Morgan fingerprint density at radius 1 is 1.04 bits per heavy atom. The fourth-order valence-electron chi connectivity index (χ4n) is 4.40. The van der Waals surface area contributed by atoms with Crippen LogP contribution in [0.25, 0.3) is 10.8 Å². The quantitative estimate of drug-likeness (QED) is 0.663. The van der Waals surface area contributed by atoms with Crippen molar-refractivity contribution in [2.24, 2.45) is 5.92 Å². The second kappa shape index (κ2) is 8.57. The standard InChI is InChI=1S/C25H28N2O/c1-19(28)26-24-13-11-20(12-14-24)17-27-15-5-6-21(18-27)16-23-9-4-8-22-7-2-3-10-25(22)23/h2-4,7-14,21H,5-6,15-18H2,1H3,(H,26,28). The Kier molecular flexibility index (Phi) is 5.73. The Hall–Kier alpha value is -2.65. The number of carbonyl (C=O) groups is 1. The number of fused-ring (bicyclic) bond motifs is 1. The first kappa shape index (κ1) is 18.7. The molecule has 0 radical (unpaired) electrons. The predicted molar refractivity (Wildman–Crippen MR) is 116 cm³/mol. The van der Waals surface area contributed by atoms with Crippen molar-refractivity contribution in [1.29, 1.82) is 0 Å². The van der Waals surface area contributed by atoms with Crippen molar-refractivity contribution in [3.05, 3.63) is 77.9 Å². The SMILES string of the molecule is CC(=O)Nc1ccc(CN2CCCC(Cc3cccc4ccccc34)C2)cc1. The maximum atomic E-state index is 11.2. The molecule has 1 N–H and O–H groups in total. The van der Waals surface area contributed by atoms with Gasteiger partial charge in [-0.05, 0) is 65.8 Å². The normalized spacial score (nSPS) is 17.5. The molecule has 3 nitrogen and oxygen atoms in total. The minimum atomic E-state index is -0.0277. The van der Waals surface area contributed by atoms with Crippen molar-refractivity contribution in [3.63, 3.8) is 0 Å². The minimum absolute atomic E-state index is 0.0277. The van der Waals surface area contributed by atoms with Crippen LogP contribution in [0, 0.1) is 5.92 Å². The lowest BCUT2D eigenvalue weighted by molar-refractivity contribution is -0.114. The van der Waals surface area contributed by atoms with Crippen LogP contribution in [0.3, 0.4) is 0 Å². The number of anilines is 1. The molecule has 0 aliphatic carbocycles. The van der Waals surface area contributed by atoms with Gasteiger partial charge in [-0.15, -0.1) is 0 Å². The second-order valence-corrected chi connectivity index (χ2v) is 7.96. The number of rotatable bonds is 5. The van der Waals surface area contributed by atoms with E-state index in [1.54, 1.807) is 0 Å². The Bertz CT molecular complexity index is 943. The molecule has 1 heterocycles. The van der Waals surface area contributed by atoms with Crippen molar-refractivity contribution in [2.75, 3.05) is 18.4 Å². The van der Waals surface area contributed by atoms with E-state index in [1.807, 2.05) is 12.1 Å². The number of amides is 1. The molecule has 0 bridgehead atoms. The van der Waals surface area contributed by atoms with Gasteiger partial charge in [0.1, 0.15) is 0 Å². The van der Waals surface area contributed by atoms with Crippen LogP contribution in [0.1, 0.15) is 30.9 Å².